The van der Waals surface area contributed by atoms with Gasteiger partial charge in [0.15, 0.2) is 0 Å². The van der Waals surface area contributed by atoms with Crippen molar-refractivity contribution in [1.29, 1.82) is 0 Å². The van der Waals surface area contributed by atoms with E-state index in [1.165, 1.54) is 11.1 Å². The van der Waals surface area contributed by atoms with Crippen LogP contribution in [0.15, 0.2) is 97.7 Å². The molecule has 0 saturated carbocycles. The van der Waals surface area contributed by atoms with Crippen molar-refractivity contribution >= 4 is 7.85 Å². The standard InChI is InChI=1S/C21H27B/c1-6-10-11-12-19(7-2)13-14-20(8-3)15-16-21(9-4)17-18(5)22/h6-11,13,15,17-18H,1-4,12,14,16H2,5H3/b11-10-,19-13-,20-15+,21-17-. The topological polar surface area (TPSA) is 0 Å². The maximum atomic E-state index is 5.78. The molecule has 0 bridgehead atoms. The number of rotatable bonds is 11. The van der Waals surface area contributed by atoms with Crippen molar-refractivity contribution in [3.05, 3.63) is 97.7 Å². The fourth-order valence-corrected chi connectivity index (χ4v) is 1.86. The molecule has 0 amide bonds. The highest BCUT2D eigenvalue weighted by Gasteiger charge is 1.96. The van der Waals surface area contributed by atoms with E-state index in [1.54, 1.807) is 6.08 Å². The number of allylic oxidation sites excluding steroid dienone is 12. The Labute approximate surface area is 138 Å². The molecule has 0 nitrogen and oxygen atoms in total. The number of hydrogen-bond acceptors (Lipinski definition) is 0. The number of hydrogen-bond donors (Lipinski definition) is 0. The molecule has 0 aliphatic carbocycles. The second-order valence-corrected chi connectivity index (χ2v) is 5.05. The molecule has 0 aliphatic heterocycles. The molecule has 1 heteroatoms. The lowest BCUT2D eigenvalue weighted by molar-refractivity contribution is 1.13. The van der Waals surface area contributed by atoms with Crippen LogP contribution in [0.5, 0.6) is 0 Å². The summed E-state index contributed by atoms with van der Waals surface area (Å²) >= 11 is 0. The van der Waals surface area contributed by atoms with Crippen molar-refractivity contribution in [2.75, 3.05) is 0 Å². The van der Waals surface area contributed by atoms with Crippen LogP contribution in [0, 0.1) is 0 Å². The van der Waals surface area contributed by atoms with E-state index in [2.05, 4.69) is 44.5 Å². The summed E-state index contributed by atoms with van der Waals surface area (Å²) in [6, 6.07) is 0. The third-order valence-electron chi connectivity index (χ3n) is 3.09. The van der Waals surface area contributed by atoms with Crippen LogP contribution in [-0.2, 0) is 0 Å². The molecule has 114 valence electrons. The van der Waals surface area contributed by atoms with Crippen molar-refractivity contribution < 1.29 is 0 Å². The molecule has 0 aromatic heterocycles. The predicted octanol–water partition coefficient (Wildman–Crippen LogP) is 6.21. The monoisotopic (exact) mass is 290 g/mol. The van der Waals surface area contributed by atoms with Gasteiger partial charge in [-0.15, -0.1) is 0 Å². The predicted molar refractivity (Wildman–Crippen MR) is 103 cm³/mol. The zero-order valence-electron chi connectivity index (χ0n) is 13.8. The van der Waals surface area contributed by atoms with E-state index in [1.807, 2.05) is 37.3 Å². The zero-order chi connectivity index (χ0) is 16.8. The van der Waals surface area contributed by atoms with Crippen molar-refractivity contribution in [1.82, 2.24) is 0 Å². The van der Waals surface area contributed by atoms with Gasteiger partial charge in [0.1, 0.15) is 0 Å². The third kappa shape index (κ3) is 9.82. The van der Waals surface area contributed by atoms with Crippen LogP contribution in [0.4, 0.5) is 0 Å². The summed E-state index contributed by atoms with van der Waals surface area (Å²) < 4.78 is 0. The van der Waals surface area contributed by atoms with Gasteiger partial charge >= 0.3 is 0 Å². The first-order valence-electron chi connectivity index (χ1n) is 7.56. The molecule has 0 heterocycles. The average molecular weight is 290 g/mol. The largest absolute Gasteiger partial charge is 0.0991 e. The Morgan fingerprint density at radius 2 is 1.36 bits per heavy atom. The molecule has 1 atom stereocenters. The van der Waals surface area contributed by atoms with E-state index in [4.69, 9.17) is 7.85 Å². The van der Waals surface area contributed by atoms with Gasteiger partial charge in [-0.25, -0.2) is 0 Å². The second-order valence-electron chi connectivity index (χ2n) is 5.05. The maximum absolute atomic E-state index is 5.78. The molecule has 0 aliphatic rings. The lowest BCUT2D eigenvalue weighted by Crippen LogP contribution is -1.85. The summed E-state index contributed by atoms with van der Waals surface area (Å²) in [6.45, 7) is 17.2. The lowest BCUT2D eigenvalue weighted by Gasteiger charge is -2.04. The van der Waals surface area contributed by atoms with Gasteiger partial charge in [0, 0.05) is 0 Å². The molecule has 0 saturated heterocycles. The Balaban J connectivity index is 4.82. The van der Waals surface area contributed by atoms with Gasteiger partial charge < -0.3 is 0 Å². The van der Waals surface area contributed by atoms with E-state index >= 15 is 0 Å². The first kappa shape index (κ1) is 20.0. The van der Waals surface area contributed by atoms with Crippen LogP contribution in [0.1, 0.15) is 26.2 Å². The van der Waals surface area contributed by atoms with Gasteiger partial charge in [-0.3, -0.25) is 0 Å². The molecule has 0 aromatic carbocycles. The fourth-order valence-electron chi connectivity index (χ4n) is 1.86. The summed E-state index contributed by atoms with van der Waals surface area (Å²) in [7, 11) is 5.78. The van der Waals surface area contributed by atoms with Crippen molar-refractivity contribution in [2.24, 2.45) is 0 Å². The van der Waals surface area contributed by atoms with Gasteiger partial charge in [0.25, 0.3) is 0 Å². The molecular weight excluding hydrogens is 263 g/mol. The molecule has 0 N–H and O–H groups in total. The highest BCUT2D eigenvalue weighted by Crippen LogP contribution is 2.15. The third-order valence-corrected chi connectivity index (χ3v) is 3.09. The maximum Gasteiger partial charge on any atom is 0.0751 e. The molecule has 0 aromatic rings. The van der Waals surface area contributed by atoms with Crippen LogP contribution in [-0.4, -0.2) is 7.85 Å². The summed E-state index contributed by atoms with van der Waals surface area (Å²) in [5, 5.41) is 0. The van der Waals surface area contributed by atoms with E-state index in [0.717, 1.165) is 24.8 Å². The minimum Gasteiger partial charge on any atom is -0.0991 e. The van der Waals surface area contributed by atoms with E-state index in [-0.39, 0.29) is 5.82 Å². The van der Waals surface area contributed by atoms with Crippen molar-refractivity contribution in [3.63, 3.8) is 0 Å². The minimum atomic E-state index is 0.0393. The second kappa shape index (κ2) is 12.7. The summed E-state index contributed by atoms with van der Waals surface area (Å²) in [5.74, 6) is 0.0393. The zero-order valence-corrected chi connectivity index (χ0v) is 13.8. The summed E-state index contributed by atoms with van der Waals surface area (Å²) in [5.41, 5.74) is 3.52. The van der Waals surface area contributed by atoms with Crippen molar-refractivity contribution in [3.8, 4) is 0 Å². The van der Waals surface area contributed by atoms with Crippen LogP contribution >= 0.6 is 0 Å². The van der Waals surface area contributed by atoms with Gasteiger partial charge in [-0.05, 0) is 36.0 Å². The quantitative estimate of drug-likeness (QED) is 0.313. The van der Waals surface area contributed by atoms with Gasteiger partial charge in [-0.1, -0.05) is 93.7 Å². The molecule has 0 rings (SSSR count). The first-order chi connectivity index (χ1) is 10.6. The van der Waals surface area contributed by atoms with E-state index in [0.29, 0.717) is 0 Å². The summed E-state index contributed by atoms with van der Waals surface area (Å²) in [6.07, 6.45) is 20.3. The highest BCUT2D eigenvalue weighted by atomic mass is 14.0. The average Bonchev–Trinajstić information content (AvgIpc) is 2.51. The van der Waals surface area contributed by atoms with Crippen molar-refractivity contribution in [2.45, 2.75) is 32.0 Å². The van der Waals surface area contributed by atoms with Crippen LogP contribution in [0.2, 0.25) is 5.82 Å². The molecule has 1 unspecified atom stereocenters. The Morgan fingerprint density at radius 1 is 0.864 bits per heavy atom. The normalized spacial score (nSPS) is 14.7. The van der Waals surface area contributed by atoms with E-state index < -0.39 is 0 Å². The van der Waals surface area contributed by atoms with Gasteiger partial charge in [0.05, 0.1) is 7.85 Å². The molecule has 2 radical (unpaired) electrons. The summed E-state index contributed by atoms with van der Waals surface area (Å²) in [4.78, 5) is 0. The highest BCUT2D eigenvalue weighted by molar-refractivity contribution is 6.12. The Kier molecular flexibility index (Phi) is 11.5. The van der Waals surface area contributed by atoms with Gasteiger partial charge in [-0.2, -0.15) is 0 Å². The molecule has 0 spiro atoms. The van der Waals surface area contributed by atoms with Crippen LogP contribution in [0.3, 0.4) is 0 Å². The first-order valence-corrected chi connectivity index (χ1v) is 7.56. The fraction of sp³-hybridized carbons (Fsp3) is 0.238. The Morgan fingerprint density at radius 3 is 1.82 bits per heavy atom. The smallest absolute Gasteiger partial charge is 0.0751 e. The molecule has 22 heavy (non-hydrogen) atoms. The SMILES string of the molecule is [B]C(C)/C=C(/C=C)C/C=C(\C=C)C/C=C(/C=C)C/C=C\C=C. The van der Waals surface area contributed by atoms with E-state index in [9.17, 15) is 0 Å². The Hall–Kier alpha value is -2.02. The Bertz CT molecular complexity index is 496. The molecular formula is C21H27B. The molecule has 0 fully saturated rings. The van der Waals surface area contributed by atoms with Gasteiger partial charge in [0.2, 0.25) is 0 Å². The lowest BCUT2D eigenvalue weighted by atomic mass is 9.87. The minimum absolute atomic E-state index is 0.0393. The van der Waals surface area contributed by atoms with Crippen LogP contribution in [0.25, 0.3) is 0 Å². The van der Waals surface area contributed by atoms with Crippen LogP contribution < -0.4 is 0 Å².